The minimum Gasteiger partial charge on any atom is -0.497 e. The topological polar surface area (TPSA) is 126 Å². The van der Waals surface area contributed by atoms with Gasteiger partial charge in [-0.05, 0) is 35.7 Å². The van der Waals surface area contributed by atoms with Gasteiger partial charge in [0.1, 0.15) is 34.7 Å². The van der Waals surface area contributed by atoms with Crippen LogP contribution in [0.2, 0.25) is 0 Å². The molecule has 2 rings (SSSR count). The summed E-state index contributed by atoms with van der Waals surface area (Å²) in [6.45, 7) is -1.62. The molecule has 1 aromatic carbocycles. The van der Waals surface area contributed by atoms with Gasteiger partial charge in [-0.15, -0.1) is 11.3 Å². The van der Waals surface area contributed by atoms with Crippen molar-refractivity contribution in [1.29, 1.82) is 0 Å². The summed E-state index contributed by atoms with van der Waals surface area (Å²) in [7, 11) is 1.54. The average molecular weight is 398 g/mol. The maximum Gasteiger partial charge on any atom is 0.206 e. The van der Waals surface area contributed by atoms with Gasteiger partial charge in [-0.3, -0.25) is 4.79 Å². The Morgan fingerprint density at radius 1 is 1.11 bits per heavy atom. The summed E-state index contributed by atoms with van der Waals surface area (Å²) in [5.74, 6) is 0.716. The normalized spacial score (nSPS) is 14.4. The summed E-state index contributed by atoms with van der Waals surface area (Å²) in [5, 5.41) is 38.9. The number of carbonyl (C=O) groups is 1. The Morgan fingerprint density at radius 2 is 1.81 bits per heavy atom. The van der Waals surface area contributed by atoms with E-state index < -0.39 is 31.5 Å². The molecule has 9 heteroatoms. The van der Waals surface area contributed by atoms with Crippen LogP contribution in [0.5, 0.6) is 11.5 Å². The lowest BCUT2D eigenvalue weighted by atomic mass is 10.1. The first-order valence-corrected chi connectivity index (χ1v) is 8.98. The molecule has 2 aromatic rings. The predicted molar refractivity (Wildman–Crippen MR) is 97.3 cm³/mol. The number of rotatable bonds is 11. The van der Waals surface area contributed by atoms with Crippen molar-refractivity contribution in [2.75, 3.05) is 27.1 Å². The molecule has 0 bridgehead atoms. The zero-order valence-corrected chi connectivity index (χ0v) is 15.5. The van der Waals surface area contributed by atoms with E-state index in [0.29, 0.717) is 21.9 Å². The Bertz CT molecular complexity index is 714. The lowest BCUT2D eigenvalue weighted by Crippen LogP contribution is -2.43. The summed E-state index contributed by atoms with van der Waals surface area (Å²) >= 11 is 1.21. The van der Waals surface area contributed by atoms with E-state index >= 15 is 0 Å². The van der Waals surface area contributed by atoms with Crippen LogP contribution in [0, 0.1) is 0 Å². The number of benzene rings is 1. The number of aliphatic hydroxyl groups is 4. The second-order valence-electron chi connectivity index (χ2n) is 5.56. The standard InChI is InChI=1S/C18H22O8S/c1-24-12-4-2-11(3-5-12)16(22)18-14(6-7-27-18)25-10-26-15(9-20)17(23)13(21)8-19/h2-7,13,15,17,19-21,23H,8-10H2,1H3. The number of aliphatic hydroxyl groups excluding tert-OH is 4. The Kier molecular flexibility index (Phi) is 8.17. The van der Waals surface area contributed by atoms with Crippen molar-refractivity contribution in [2.24, 2.45) is 0 Å². The first-order chi connectivity index (χ1) is 13.0. The van der Waals surface area contributed by atoms with E-state index in [1.807, 2.05) is 0 Å². The molecule has 0 amide bonds. The average Bonchev–Trinajstić information content (AvgIpc) is 3.18. The molecule has 0 radical (unpaired) electrons. The van der Waals surface area contributed by atoms with E-state index in [1.165, 1.54) is 18.4 Å². The number of ether oxygens (including phenoxy) is 3. The van der Waals surface area contributed by atoms with Crippen LogP contribution in [0.1, 0.15) is 15.2 Å². The summed E-state index contributed by atoms with van der Waals surface area (Å²) in [5.41, 5.74) is 0.471. The second kappa shape index (κ2) is 10.4. The first-order valence-electron chi connectivity index (χ1n) is 8.10. The van der Waals surface area contributed by atoms with Gasteiger partial charge < -0.3 is 34.6 Å². The number of methoxy groups -OCH3 is 1. The van der Waals surface area contributed by atoms with Crippen LogP contribution in [0.4, 0.5) is 0 Å². The Hall–Kier alpha value is -2.01. The third-order valence-electron chi connectivity index (χ3n) is 3.83. The summed E-state index contributed by atoms with van der Waals surface area (Å²) in [4.78, 5) is 13.0. The molecule has 3 unspecified atom stereocenters. The van der Waals surface area contributed by atoms with Crippen LogP contribution in [-0.2, 0) is 4.74 Å². The molecule has 27 heavy (non-hydrogen) atoms. The molecule has 0 saturated carbocycles. The van der Waals surface area contributed by atoms with Crippen molar-refractivity contribution < 1.29 is 39.4 Å². The molecular formula is C18H22O8S. The van der Waals surface area contributed by atoms with Gasteiger partial charge in [-0.1, -0.05) is 0 Å². The van der Waals surface area contributed by atoms with Gasteiger partial charge in [0.25, 0.3) is 0 Å². The number of thiophene rings is 1. The molecule has 0 spiro atoms. The Balaban J connectivity index is 1.99. The van der Waals surface area contributed by atoms with E-state index in [9.17, 15) is 20.1 Å². The van der Waals surface area contributed by atoms with Crippen LogP contribution >= 0.6 is 11.3 Å². The van der Waals surface area contributed by atoms with Crippen molar-refractivity contribution in [3.8, 4) is 11.5 Å². The molecule has 0 fully saturated rings. The maximum atomic E-state index is 12.6. The molecule has 3 atom stereocenters. The van der Waals surface area contributed by atoms with Crippen molar-refractivity contribution in [2.45, 2.75) is 18.3 Å². The van der Waals surface area contributed by atoms with Crippen LogP contribution in [0.3, 0.4) is 0 Å². The molecule has 8 nitrogen and oxygen atoms in total. The molecule has 0 aliphatic heterocycles. The third-order valence-corrected chi connectivity index (χ3v) is 4.72. The van der Waals surface area contributed by atoms with Crippen molar-refractivity contribution >= 4 is 17.1 Å². The van der Waals surface area contributed by atoms with E-state index in [1.54, 1.807) is 35.7 Å². The van der Waals surface area contributed by atoms with Crippen molar-refractivity contribution in [1.82, 2.24) is 0 Å². The molecule has 4 N–H and O–H groups in total. The Labute approximate surface area is 160 Å². The quantitative estimate of drug-likeness (QED) is 0.317. The van der Waals surface area contributed by atoms with Crippen LogP contribution in [0.15, 0.2) is 35.7 Å². The maximum absolute atomic E-state index is 12.6. The van der Waals surface area contributed by atoms with Gasteiger partial charge in [0.15, 0.2) is 6.79 Å². The Morgan fingerprint density at radius 3 is 2.41 bits per heavy atom. The van der Waals surface area contributed by atoms with Gasteiger partial charge in [-0.2, -0.15) is 0 Å². The lowest BCUT2D eigenvalue weighted by molar-refractivity contribution is -0.142. The SMILES string of the molecule is COc1ccc(C(=O)c2sccc2OCOC(CO)C(O)C(O)CO)cc1. The largest absolute Gasteiger partial charge is 0.497 e. The highest BCUT2D eigenvalue weighted by Gasteiger charge is 2.26. The first kappa shape index (κ1) is 21.3. The monoisotopic (exact) mass is 398 g/mol. The number of carbonyl (C=O) groups excluding carboxylic acids is 1. The van der Waals surface area contributed by atoms with Crippen LogP contribution in [0.25, 0.3) is 0 Å². The predicted octanol–water partition coefficient (Wildman–Crippen LogP) is 0.416. The summed E-state index contributed by atoms with van der Waals surface area (Å²) in [6.07, 6.45) is -4.08. The van der Waals surface area contributed by atoms with Gasteiger partial charge in [0, 0.05) is 5.56 Å². The minimum atomic E-state index is -1.48. The fraction of sp³-hybridized carbons (Fsp3) is 0.389. The van der Waals surface area contributed by atoms with Gasteiger partial charge in [0.05, 0.1) is 20.3 Å². The molecule has 0 aliphatic rings. The lowest BCUT2D eigenvalue weighted by Gasteiger charge is -2.24. The van der Waals surface area contributed by atoms with E-state index in [4.69, 9.17) is 19.3 Å². The zero-order valence-electron chi connectivity index (χ0n) is 14.6. The molecule has 1 heterocycles. The molecule has 148 valence electrons. The fourth-order valence-electron chi connectivity index (χ4n) is 2.25. The minimum absolute atomic E-state index is 0.225. The van der Waals surface area contributed by atoms with Gasteiger partial charge >= 0.3 is 0 Å². The molecule has 1 aromatic heterocycles. The molecule has 0 saturated heterocycles. The van der Waals surface area contributed by atoms with Crippen LogP contribution in [-0.4, -0.2) is 71.6 Å². The number of hydrogen-bond donors (Lipinski definition) is 4. The molecular weight excluding hydrogens is 376 g/mol. The van der Waals surface area contributed by atoms with E-state index in [-0.39, 0.29) is 12.6 Å². The van der Waals surface area contributed by atoms with Crippen LogP contribution < -0.4 is 9.47 Å². The number of ketones is 1. The van der Waals surface area contributed by atoms with Crippen molar-refractivity contribution in [3.05, 3.63) is 46.2 Å². The second-order valence-corrected chi connectivity index (χ2v) is 6.48. The van der Waals surface area contributed by atoms with E-state index in [0.717, 1.165) is 0 Å². The number of hydrogen-bond acceptors (Lipinski definition) is 9. The zero-order chi connectivity index (χ0) is 19.8. The molecule has 0 aliphatic carbocycles. The van der Waals surface area contributed by atoms with Gasteiger partial charge in [0.2, 0.25) is 5.78 Å². The highest BCUT2D eigenvalue weighted by Crippen LogP contribution is 2.28. The summed E-state index contributed by atoms with van der Waals surface area (Å²) < 4.78 is 15.7. The van der Waals surface area contributed by atoms with Crippen molar-refractivity contribution in [3.63, 3.8) is 0 Å². The fourth-order valence-corrected chi connectivity index (χ4v) is 3.05. The highest BCUT2D eigenvalue weighted by atomic mass is 32.1. The van der Waals surface area contributed by atoms with Gasteiger partial charge in [-0.25, -0.2) is 0 Å². The third kappa shape index (κ3) is 5.48. The highest BCUT2D eigenvalue weighted by molar-refractivity contribution is 7.12. The smallest absolute Gasteiger partial charge is 0.206 e. The summed E-state index contributed by atoms with van der Waals surface area (Å²) in [6, 6.07) is 8.28. The van der Waals surface area contributed by atoms with E-state index in [2.05, 4.69) is 0 Å².